The van der Waals surface area contributed by atoms with Gasteiger partial charge in [-0.25, -0.2) is 4.99 Å². The number of aliphatic imine (C=N–C) groups is 1. The van der Waals surface area contributed by atoms with Crippen LogP contribution in [0.15, 0.2) is 11.6 Å². The summed E-state index contributed by atoms with van der Waals surface area (Å²) in [5.41, 5.74) is 0. The van der Waals surface area contributed by atoms with Crippen LogP contribution in [-0.4, -0.2) is 19.2 Å². The lowest BCUT2D eigenvalue weighted by Crippen LogP contribution is -1.97. The fourth-order valence-corrected chi connectivity index (χ4v) is 0.181. The number of rotatable bonds is 2. The van der Waals surface area contributed by atoms with Gasteiger partial charge >= 0.3 is 0 Å². The maximum absolute atomic E-state index is 4.72. The van der Waals surface area contributed by atoms with Gasteiger partial charge in [0.1, 0.15) is 0 Å². The zero-order valence-electron chi connectivity index (χ0n) is 4.64. The van der Waals surface area contributed by atoms with Gasteiger partial charge in [-0.1, -0.05) is 0 Å². The van der Waals surface area contributed by atoms with E-state index >= 15 is 0 Å². The lowest BCUT2D eigenvalue weighted by Gasteiger charge is -1.96. The molecule has 0 saturated carbocycles. The van der Waals surface area contributed by atoms with Crippen molar-refractivity contribution in [1.82, 2.24) is 0 Å². The lowest BCUT2D eigenvalue weighted by molar-refractivity contribution is 0.127. The Bertz CT molecular complexity index is 84.1. The van der Waals surface area contributed by atoms with Crippen molar-refractivity contribution in [3.8, 4) is 0 Å². The van der Waals surface area contributed by atoms with Gasteiger partial charge in [-0.05, 0) is 19.4 Å². The lowest BCUT2D eigenvalue weighted by atomic mass is 10.7. The molecular weight excluding hydrogens is 90.1 g/mol. The highest BCUT2D eigenvalue weighted by molar-refractivity contribution is 5.46. The summed E-state index contributed by atoms with van der Waals surface area (Å²) in [4.78, 5) is 3.66. The van der Waals surface area contributed by atoms with Gasteiger partial charge in [0, 0.05) is 7.11 Å². The molecular formula is C5H9NO. The van der Waals surface area contributed by atoms with Gasteiger partial charge in [-0.15, -0.1) is 0 Å². The average Bonchev–Trinajstić information content (AvgIpc) is 1.68. The Hall–Kier alpha value is -0.590. The van der Waals surface area contributed by atoms with Gasteiger partial charge in [0.15, 0.2) is 6.23 Å². The molecule has 0 N–H and O–H groups in total. The summed E-state index contributed by atoms with van der Waals surface area (Å²) in [6, 6.07) is 0. The van der Waals surface area contributed by atoms with Crippen molar-refractivity contribution in [3.05, 3.63) is 6.58 Å². The third kappa shape index (κ3) is 3.23. The number of nitrogens with zero attached hydrogens (tertiary/aromatic N) is 1. The van der Waals surface area contributed by atoms with Crippen molar-refractivity contribution in [2.75, 3.05) is 7.11 Å². The Balaban J connectivity index is 3.35. The number of methoxy groups -OCH3 is 1. The zero-order valence-corrected chi connectivity index (χ0v) is 4.64. The molecule has 0 heterocycles. The van der Waals surface area contributed by atoms with Crippen molar-refractivity contribution in [1.29, 1.82) is 0 Å². The Morgan fingerprint density at radius 2 is 2.43 bits per heavy atom. The Morgan fingerprint density at radius 3 is 2.57 bits per heavy atom. The summed E-state index contributed by atoms with van der Waals surface area (Å²) in [6.07, 6.45) is -0.0995. The van der Waals surface area contributed by atoms with Crippen LogP contribution in [0.25, 0.3) is 0 Å². The van der Waals surface area contributed by atoms with E-state index in [-0.39, 0.29) is 6.23 Å². The van der Waals surface area contributed by atoms with Crippen LogP contribution >= 0.6 is 0 Å². The predicted octanol–water partition coefficient (Wildman–Crippen LogP) is 0.835. The molecule has 0 fully saturated rings. The van der Waals surface area contributed by atoms with E-state index in [0.717, 1.165) is 0 Å². The first-order valence-corrected chi connectivity index (χ1v) is 2.06. The van der Waals surface area contributed by atoms with Gasteiger partial charge in [-0.2, -0.15) is 0 Å². The van der Waals surface area contributed by atoms with Gasteiger partial charge in [0.25, 0.3) is 0 Å². The third-order valence-electron chi connectivity index (χ3n) is 0.614. The summed E-state index contributed by atoms with van der Waals surface area (Å²) in [5.74, 6) is 2.37. The van der Waals surface area contributed by atoms with Crippen LogP contribution < -0.4 is 0 Å². The number of hydrogen-bond donors (Lipinski definition) is 0. The highest BCUT2D eigenvalue weighted by Crippen LogP contribution is 1.83. The topological polar surface area (TPSA) is 21.6 Å². The number of ether oxygens (including phenoxy) is 1. The molecule has 40 valence electrons. The first-order chi connectivity index (χ1) is 3.31. The monoisotopic (exact) mass is 99.1 g/mol. The minimum absolute atomic E-state index is 0.0995. The summed E-state index contributed by atoms with van der Waals surface area (Å²) in [6.45, 7) is 5.09. The van der Waals surface area contributed by atoms with Gasteiger partial charge < -0.3 is 4.74 Å². The van der Waals surface area contributed by atoms with Crippen molar-refractivity contribution in [2.45, 2.75) is 13.2 Å². The molecule has 2 heteroatoms. The Kier molecular flexibility index (Phi) is 3.29. The van der Waals surface area contributed by atoms with Crippen molar-refractivity contribution < 1.29 is 4.74 Å². The van der Waals surface area contributed by atoms with Gasteiger partial charge in [-0.3, -0.25) is 0 Å². The molecule has 0 aliphatic rings. The summed E-state index contributed by atoms with van der Waals surface area (Å²) < 4.78 is 4.72. The molecule has 0 aromatic heterocycles. The van der Waals surface area contributed by atoms with E-state index in [1.54, 1.807) is 7.11 Å². The van der Waals surface area contributed by atoms with Crippen LogP contribution in [0.1, 0.15) is 6.92 Å². The Labute approximate surface area is 43.5 Å². The smallest absolute Gasteiger partial charge is 0.154 e. The zero-order chi connectivity index (χ0) is 5.70. The molecule has 0 radical (unpaired) electrons. The minimum Gasteiger partial charge on any atom is -0.359 e. The van der Waals surface area contributed by atoms with Crippen molar-refractivity contribution in [2.24, 2.45) is 4.99 Å². The average molecular weight is 99.1 g/mol. The normalized spacial score (nSPS) is 12.3. The van der Waals surface area contributed by atoms with Crippen molar-refractivity contribution in [3.63, 3.8) is 0 Å². The van der Waals surface area contributed by atoms with E-state index in [1.807, 2.05) is 6.92 Å². The molecule has 1 unspecified atom stereocenters. The Morgan fingerprint density at radius 1 is 1.86 bits per heavy atom. The van der Waals surface area contributed by atoms with Crippen molar-refractivity contribution >= 4 is 5.87 Å². The molecule has 0 saturated heterocycles. The summed E-state index contributed by atoms with van der Waals surface area (Å²) in [7, 11) is 1.59. The summed E-state index contributed by atoms with van der Waals surface area (Å²) in [5, 5.41) is 0. The predicted molar refractivity (Wildman–Crippen MR) is 29.5 cm³/mol. The van der Waals surface area contributed by atoms with Gasteiger partial charge in [0.05, 0.1) is 0 Å². The van der Waals surface area contributed by atoms with Crippen LogP contribution in [0.2, 0.25) is 0 Å². The fourth-order valence-electron chi connectivity index (χ4n) is 0.181. The molecule has 0 aliphatic carbocycles. The van der Waals surface area contributed by atoms with E-state index in [1.165, 1.54) is 0 Å². The molecule has 7 heavy (non-hydrogen) atoms. The van der Waals surface area contributed by atoms with Gasteiger partial charge in [0.2, 0.25) is 0 Å². The molecule has 0 bridgehead atoms. The first kappa shape index (κ1) is 6.41. The molecule has 0 rings (SSSR count). The highest BCUT2D eigenvalue weighted by atomic mass is 16.5. The second kappa shape index (κ2) is 3.59. The largest absolute Gasteiger partial charge is 0.359 e. The van der Waals surface area contributed by atoms with Crippen LogP contribution in [0.3, 0.4) is 0 Å². The van der Waals surface area contributed by atoms with Crippen LogP contribution in [0.4, 0.5) is 0 Å². The highest BCUT2D eigenvalue weighted by Gasteiger charge is 1.86. The molecule has 0 aromatic rings. The first-order valence-electron chi connectivity index (χ1n) is 2.06. The fraction of sp³-hybridized carbons (Fsp3) is 0.600. The van der Waals surface area contributed by atoms with E-state index in [4.69, 9.17) is 4.74 Å². The molecule has 0 aliphatic heterocycles. The molecule has 0 amide bonds. The van der Waals surface area contributed by atoms with E-state index < -0.39 is 0 Å². The maximum Gasteiger partial charge on any atom is 0.154 e. The molecule has 0 aromatic carbocycles. The van der Waals surface area contributed by atoms with E-state index in [0.29, 0.717) is 0 Å². The molecule has 0 spiro atoms. The molecule has 2 nitrogen and oxygen atoms in total. The second-order valence-electron chi connectivity index (χ2n) is 1.12. The minimum atomic E-state index is -0.0995. The molecule has 1 atom stereocenters. The maximum atomic E-state index is 4.72. The van der Waals surface area contributed by atoms with Crippen LogP contribution in [0, 0.1) is 0 Å². The quantitative estimate of drug-likeness (QED) is 0.470. The second-order valence-corrected chi connectivity index (χ2v) is 1.12. The standard InChI is InChI=1S/C5H9NO/c1-4-6-5(2)7-3/h5H,1H2,2-3H3. The van der Waals surface area contributed by atoms with Crippen LogP contribution in [0.5, 0.6) is 0 Å². The number of hydrogen-bond acceptors (Lipinski definition) is 2. The summed E-state index contributed by atoms with van der Waals surface area (Å²) >= 11 is 0. The third-order valence-corrected chi connectivity index (χ3v) is 0.614. The van der Waals surface area contributed by atoms with E-state index in [9.17, 15) is 0 Å². The van der Waals surface area contributed by atoms with Crippen LogP contribution in [-0.2, 0) is 4.74 Å². The SMILES string of the molecule is C=C=NC(C)OC. The van der Waals surface area contributed by atoms with E-state index in [2.05, 4.69) is 17.4 Å².